The van der Waals surface area contributed by atoms with Crippen molar-refractivity contribution in [3.63, 3.8) is 0 Å². The van der Waals surface area contributed by atoms with Gasteiger partial charge in [0.15, 0.2) is 0 Å². The Morgan fingerprint density at radius 1 is 1.44 bits per heavy atom. The molecule has 1 aromatic heterocycles. The van der Waals surface area contributed by atoms with Crippen molar-refractivity contribution < 1.29 is 9.53 Å². The minimum absolute atomic E-state index is 0.339. The number of esters is 1. The Balaban J connectivity index is 2.35. The van der Waals surface area contributed by atoms with Crippen molar-refractivity contribution in [3.05, 3.63) is 40.6 Å². The molecule has 0 spiro atoms. The normalized spacial score (nSPS) is 10.1. The van der Waals surface area contributed by atoms with Crippen LogP contribution < -0.4 is 11.1 Å². The van der Waals surface area contributed by atoms with Crippen molar-refractivity contribution >= 4 is 34.4 Å². The SMILES string of the molecule is CCOC(=O)c1cccc(N)c1Nc1ccsc1. The number of nitrogens with one attached hydrogen (secondary N) is 1. The third-order valence-electron chi connectivity index (χ3n) is 2.38. The first-order valence-electron chi connectivity index (χ1n) is 5.57. The predicted octanol–water partition coefficient (Wildman–Crippen LogP) is 3.25. The van der Waals surface area contributed by atoms with Crippen LogP contribution in [-0.2, 0) is 4.74 Å². The Hall–Kier alpha value is -2.01. The molecular formula is C13H14N2O2S. The quantitative estimate of drug-likeness (QED) is 0.655. The highest BCUT2D eigenvalue weighted by Crippen LogP contribution is 2.28. The zero-order chi connectivity index (χ0) is 13.0. The van der Waals surface area contributed by atoms with Gasteiger partial charge in [-0.3, -0.25) is 0 Å². The molecule has 0 aliphatic rings. The molecule has 3 N–H and O–H groups in total. The van der Waals surface area contributed by atoms with E-state index in [1.165, 1.54) is 0 Å². The number of nitrogen functional groups attached to an aromatic ring is 1. The van der Waals surface area contributed by atoms with Gasteiger partial charge in [-0.1, -0.05) is 6.07 Å². The number of ether oxygens (including phenoxy) is 1. The summed E-state index contributed by atoms with van der Waals surface area (Å²) >= 11 is 1.57. The van der Waals surface area contributed by atoms with Crippen molar-refractivity contribution in [2.75, 3.05) is 17.7 Å². The summed E-state index contributed by atoms with van der Waals surface area (Å²) in [6.45, 7) is 2.11. The number of carbonyl (C=O) groups is 1. The van der Waals surface area contributed by atoms with Gasteiger partial charge in [0.25, 0.3) is 0 Å². The Kier molecular flexibility index (Phi) is 3.84. The van der Waals surface area contributed by atoms with Gasteiger partial charge in [-0.15, -0.1) is 0 Å². The van der Waals surface area contributed by atoms with Crippen LogP contribution in [0, 0.1) is 0 Å². The lowest BCUT2D eigenvalue weighted by molar-refractivity contribution is 0.0527. The van der Waals surface area contributed by atoms with E-state index in [1.807, 2.05) is 16.8 Å². The standard InChI is InChI=1S/C13H14N2O2S/c1-2-17-13(16)10-4-3-5-11(14)12(10)15-9-6-7-18-8-9/h3-8,15H,2,14H2,1H3. The molecule has 0 atom stereocenters. The summed E-state index contributed by atoms with van der Waals surface area (Å²) in [5.41, 5.74) is 8.37. The Bertz CT molecular complexity index is 538. The highest BCUT2D eigenvalue weighted by atomic mass is 32.1. The molecule has 18 heavy (non-hydrogen) atoms. The van der Waals surface area contributed by atoms with E-state index in [9.17, 15) is 4.79 Å². The van der Waals surface area contributed by atoms with Gasteiger partial charge in [0.05, 0.1) is 23.5 Å². The van der Waals surface area contributed by atoms with E-state index in [0.717, 1.165) is 5.69 Å². The maximum atomic E-state index is 11.8. The molecular weight excluding hydrogens is 248 g/mol. The van der Waals surface area contributed by atoms with E-state index in [2.05, 4.69) is 5.32 Å². The van der Waals surface area contributed by atoms with Crippen LogP contribution in [0.4, 0.5) is 17.1 Å². The summed E-state index contributed by atoms with van der Waals surface area (Å²) in [6, 6.07) is 7.10. The zero-order valence-corrected chi connectivity index (χ0v) is 10.8. The van der Waals surface area contributed by atoms with Gasteiger partial charge in [0, 0.05) is 11.1 Å². The van der Waals surface area contributed by atoms with Crippen LogP contribution in [0.25, 0.3) is 0 Å². The van der Waals surface area contributed by atoms with Crippen molar-refractivity contribution in [1.29, 1.82) is 0 Å². The predicted molar refractivity (Wildman–Crippen MR) is 74.4 cm³/mol. The van der Waals surface area contributed by atoms with E-state index in [-0.39, 0.29) is 5.97 Å². The summed E-state index contributed by atoms with van der Waals surface area (Å²) in [6.07, 6.45) is 0. The smallest absolute Gasteiger partial charge is 0.340 e. The van der Waals surface area contributed by atoms with E-state index in [4.69, 9.17) is 10.5 Å². The van der Waals surface area contributed by atoms with Crippen molar-refractivity contribution in [1.82, 2.24) is 0 Å². The number of rotatable bonds is 4. The zero-order valence-electron chi connectivity index (χ0n) is 9.97. The van der Waals surface area contributed by atoms with Gasteiger partial charge in [-0.2, -0.15) is 11.3 Å². The van der Waals surface area contributed by atoms with Crippen LogP contribution in [0.2, 0.25) is 0 Å². The summed E-state index contributed by atoms with van der Waals surface area (Å²) < 4.78 is 5.01. The van der Waals surface area contributed by atoms with Crippen molar-refractivity contribution in [2.24, 2.45) is 0 Å². The molecule has 0 aliphatic heterocycles. The monoisotopic (exact) mass is 262 g/mol. The highest BCUT2D eigenvalue weighted by Gasteiger charge is 2.14. The average Bonchev–Trinajstić information content (AvgIpc) is 2.85. The van der Waals surface area contributed by atoms with Crippen LogP contribution in [0.15, 0.2) is 35.0 Å². The number of para-hydroxylation sites is 1. The molecule has 0 unspecified atom stereocenters. The molecule has 0 radical (unpaired) electrons. The number of carbonyl (C=O) groups excluding carboxylic acids is 1. The van der Waals surface area contributed by atoms with Gasteiger partial charge >= 0.3 is 5.97 Å². The molecule has 2 rings (SSSR count). The summed E-state index contributed by atoms with van der Waals surface area (Å²) in [5.74, 6) is -0.373. The second-order valence-electron chi connectivity index (χ2n) is 3.63. The Morgan fingerprint density at radius 2 is 2.28 bits per heavy atom. The molecule has 2 aromatic rings. The second-order valence-corrected chi connectivity index (χ2v) is 4.41. The number of hydrogen-bond donors (Lipinski definition) is 2. The average molecular weight is 262 g/mol. The molecule has 0 bridgehead atoms. The number of anilines is 3. The van der Waals surface area contributed by atoms with Gasteiger partial charge in [-0.25, -0.2) is 4.79 Å². The van der Waals surface area contributed by atoms with Crippen LogP contribution in [0.5, 0.6) is 0 Å². The van der Waals surface area contributed by atoms with Crippen LogP contribution in [-0.4, -0.2) is 12.6 Å². The third kappa shape index (κ3) is 2.62. The first-order chi connectivity index (χ1) is 8.72. The third-order valence-corrected chi connectivity index (χ3v) is 3.07. The number of thiophene rings is 1. The van der Waals surface area contributed by atoms with E-state index >= 15 is 0 Å². The lowest BCUT2D eigenvalue weighted by Gasteiger charge is -2.12. The topological polar surface area (TPSA) is 64.3 Å². The Labute approximate surface area is 109 Å². The van der Waals surface area contributed by atoms with Gasteiger partial charge in [0.2, 0.25) is 0 Å². The minimum atomic E-state index is -0.373. The molecule has 0 aliphatic carbocycles. The van der Waals surface area contributed by atoms with Crippen LogP contribution in [0.3, 0.4) is 0 Å². The molecule has 1 aromatic carbocycles. The minimum Gasteiger partial charge on any atom is -0.462 e. The van der Waals surface area contributed by atoms with Gasteiger partial charge in [-0.05, 0) is 30.5 Å². The Morgan fingerprint density at radius 3 is 2.94 bits per heavy atom. The maximum Gasteiger partial charge on any atom is 0.340 e. The number of nitrogens with two attached hydrogens (primary N) is 1. The summed E-state index contributed by atoms with van der Waals surface area (Å²) in [5, 5.41) is 7.04. The van der Waals surface area contributed by atoms with Crippen molar-refractivity contribution in [3.8, 4) is 0 Å². The second kappa shape index (κ2) is 5.55. The van der Waals surface area contributed by atoms with Gasteiger partial charge in [0.1, 0.15) is 0 Å². The first kappa shape index (κ1) is 12.4. The number of hydrogen-bond acceptors (Lipinski definition) is 5. The molecule has 0 saturated heterocycles. The first-order valence-corrected chi connectivity index (χ1v) is 6.51. The maximum absolute atomic E-state index is 11.8. The van der Waals surface area contributed by atoms with E-state index < -0.39 is 0 Å². The molecule has 1 heterocycles. The molecule has 4 nitrogen and oxygen atoms in total. The highest BCUT2D eigenvalue weighted by molar-refractivity contribution is 7.08. The molecule has 0 saturated carbocycles. The molecule has 0 fully saturated rings. The molecule has 94 valence electrons. The molecule has 5 heteroatoms. The van der Waals surface area contributed by atoms with Crippen LogP contribution in [0.1, 0.15) is 17.3 Å². The lowest BCUT2D eigenvalue weighted by Crippen LogP contribution is -2.09. The number of benzene rings is 1. The largest absolute Gasteiger partial charge is 0.462 e. The molecule has 0 amide bonds. The van der Waals surface area contributed by atoms with E-state index in [1.54, 1.807) is 36.5 Å². The fraction of sp³-hybridized carbons (Fsp3) is 0.154. The fourth-order valence-electron chi connectivity index (χ4n) is 1.57. The van der Waals surface area contributed by atoms with Gasteiger partial charge < -0.3 is 15.8 Å². The van der Waals surface area contributed by atoms with Crippen LogP contribution >= 0.6 is 11.3 Å². The van der Waals surface area contributed by atoms with E-state index in [0.29, 0.717) is 23.5 Å². The summed E-state index contributed by atoms with van der Waals surface area (Å²) in [7, 11) is 0. The summed E-state index contributed by atoms with van der Waals surface area (Å²) in [4.78, 5) is 11.8. The fourth-order valence-corrected chi connectivity index (χ4v) is 2.16. The lowest BCUT2D eigenvalue weighted by atomic mass is 10.1. The van der Waals surface area contributed by atoms with Crippen molar-refractivity contribution in [2.45, 2.75) is 6.92 Å².